The highest BCUT2D eigenvalue weighted by Crippen LogP contribution is 2.47. The van der Waals surface area contributed by atoms with Gasteiger partial charge in [0, 0.05) is 6.54 Å². The lowest BCUT2D eigenvalue weighted by Crippen LogP contribution is -2.49. The first-order valence-electron chi connectivity index (χ1n) is 4.97. The second-order valence-corrected chi connectivity index (χ2v) is 4.04. The molecule has 0 unspecified atom stereocenters. The van der Waals surface area contributed by atoms with Crippen molar-refractivity contribution in [3.63, 3.8) is 0 Å². The summed E-state index contributed by atoms with van der Waals surface area (Å²) in [6.07, 6.45) is 4.24. The Morgan fingerprint density at radius 1 is 1.62 bits per heavy atom. The molecule has 0 atom stereocenters. The van der Waals surface area contributed by atoms with Crippen LogP contribution < -0.4 is 5.73 Å². The molecular formula is C10H19NO2. The Kier molecular flexibility index (Phi) is 3.31. The van der Waals surface area contributed by atoms with Gasteiger partial charge >= 0.3 is 5.97 Å². The van der Waals surface area contributed by atoms with Crippen LogP contribution in [0.3, 0.4) is 0 Å². The lowest BCUT2D eigenvalue weighted by Gasteiger charge is -2.44. The SMILES string of the molecule is CCCC1CC(CN)(C(=O)OC)C1. The first-order chi connectivity index (χ1) is 6.18. The van der Waals surface area contributed by atoms with Gasteiger partial charge in [-0.25, -0.2) is 0 Å². The summed E-state index contributed by atoms with van der Waals surface area (Å²) in [6.45, 7) is 2.60. The summed E-state index contributed by atoms with van der Waals surface area (Å²) < 4.78 is 4.76. The molecule has 1 aliphatic carbocycles. The van der Waals surface area contributed by atoms with Crippen molar-refractivity contribution < 1.29 is 9.53 Å². The molecule has 0 aromatic rings. The topological polar surface area (TPSA) is 52.3 Å². The van der Waals surface area contributed by atoms with Crippen LogP contribution in [0.15, 0.2) is 0 Å². The van der Waals surface area contributed by atoms with Gasteiger partial charge in [-0.2, -0.15) is 0 Å². The first kappa shape index (κ1) is 10.5. The van der Waals surface area contributed by atoms with Crippen LogP contribution in [0.5, 0.6) is 0 Å². The summed E-state index contributed by atoms with van der Waals surface area (Å²) in [5.41, 5.74) is 5.26. The van der Waals surface area contributed by atoms with E-state index in [-0.39, 0.29) is 11.4 Å². The smallest absolute Gasteiger partial charge is 0.313 e. The van der Waals surface area contributed by atoms with Gasteiger partial charge in [0.15, 0.2) is 0 Å². The van der Waals surface area contributed by atoms with Gasteiger partial charge in [0.1, 0.15) is 0 Å². The lowest BCUT2D eigenvalue weighted by atomic mass is 9.60. The zero-order chi connectivity index (χ0) is 9.90. The number of rotatable bonds is 4. The van der Waals surface area contributed by atoms with Gasteiger partial charge in [-0.15, -0.1) is 0 Å². The quantitative estimate of drug-likeness (QED) is 0.672. The summed E-state index contributed by atoms with van der Waals surface area (Å²) in [5, 5.41) is 0. The van der Waals surface area contributed by atoms with Gasteiger partial charge in [0.05, 0.1) is 12.5 Å². The summed E-state index contributed by atoms with van der Waals surface area (Å²) in [7, 11) is 1.44. The van der Waals surface area contributed by atoms with E-state index in [0.717, 1.165) is 12.8 Å². The molecule has 0 radical (unpaired) electrons. The van der Waals surface area contributed by atoms with Crippen molar-refractivity contribution in [2.45, 2.75) is 32.6 Å². The van der Waals surface area contributed by atoms with E-state index in [4.69, 9.17) is 10.5 Å². The zero-order valence-electron chi connectivity index (χ0n) is 8.51. The predicted octanol–water partition coefficient (Wildman–Crippen LogP) is 1.31. The second kappa shape index (κ2) is 4.09. The van der Waals surface area contributed by atoms with Crippen molar-refractivity contribution in [3.8, 4) is 0 Å². The highest BCUT2D eigenvalue weighted by atomic mass is 16.5. The standard InChI is InChI=1S/C10H19NO2/c1-3-4-8-5-10(6-8,7-11)9(12)13-2/h8H,3-7,11H2,1-2H3. The minimum absolute atomic E-state index is 0.123. The maximum absolute atomic E-state index is 11.4. The van der Waals surface area contributed by atoms with Crippen molar-refractivity contribution in [3.05, 3.63) is 0 Å². The number of hydrogen-bond acceptors (Lipinski definition) is 3. The molecule has 3 nitrogen and oxygen atoms in total. The fraction of sp³-hybridized carbons (Fsp3) is 0.900. The number of esters is 1. The van der Waals surface area contributed by atoms with Gasteiger partial charge in [-0.3, -0.25) is 4.79 Å². The molecule has 1 rings (SSSR count). The Labute approximate surface area is 79.6 Å². The molecule has 0 spiro atoms. The minimum atomic E-state index is -0.339. The van der Waals surface area contributed by atoms with Crippen LogP contribution in [0, 0.1) is 11.3 Å². The van der Waals surface area contributed by atoms with E-state index >= 15 is 0 Å². The highest BCUT2D eigenvalue weighted by Gasteiger charge is 2.49. The van der Waals surface area contributed by atoms with E-state index in [0.29, 0.717) is 12.5 Å². The van der Waals surface area contributed by atoms with Crippen molar-refractivity contribution in [2.24, 2.45) is 17.1 Å². The maximum atomic E-state index is 11.4. The molecular weight excluding hydrogens is 166 g/mol. The molecule has 76 valence electrons. The largest absolute Gasteiger partial charge is 0.469 e. The molecule has 2 N–H and O–H groups in total. The van der Waals surface area contributed by atoms with E-state index in [9.17, 15) is 4.79 Å². The van der Waals surface area contributed by atoms with Gasteiger partial charge in [0.25, 0.3) is 0 Å². The summed E-state index contributed by atoms with van der Waals surface area (Å²) in [4.78, 5) is 11.4. The number of hydrogen-bond donors (Lipinski definition) is 1. The average molecular weight is 185 g/mol. The lowest BCUT2D eigenvalue weighted by molar-refractivity contribution is -0.161. The molecule has 0 aromatic heterocycles. The average Bonchev–Trinajstić information content (AvgIpc) is 2.09. The first-order valence-corrected chi connectivity index (χ1v) is 4.97. The van der Waals surface area contributed by atoms with Gasteiger partial charge in [-0.05, 0) is 18.8 Å². The molecule has 1 fully saturated rings. The van der Waals surface area contributed by atoms with Crippen molar-refractivity contribution in [1.29, 1.82) is 0 Å². The third kappa shape index (κ3) is 1.85. The monoisotopic (exact) mass is 185 g/mol. The number of carbonyl (C=O) groups excluding carboxylic acids is 1. The van der Waals surface area contributed by atoms with Gasteiger partial charge < -0.3 is 10.5 Å². The second-order valence-electron chi connectivity index (χ2n) is 4.04. The third-order valence-electron chi connectivity index (χ3n) is 3.06. The van der Waals surface area contributed by atoms with Crippen LogP contribution >= 0.6 is 0 Å². The highest BCUT2D eigenvalue weighted by molar-refractivity contribution is 5.78. The number of methoxy groups -OCH3 is 1. The molecule has 13 heavy (non-hydrogen) atoms. The van der Waals surface area contributed by atoms with Crippen LogP contribution in [0.25, 0.3) is 0 Å². The number of nitrogens with two attached hydrogens (primary N) is 1. The zero-order valence-corrected chi connectivity index (χ0v) is 8.51. The van der Waals surface area contributed by atoms with Crippen molar-refractivity contribution >= 4 is 5.97 Å². The van der Waals surface area contributed by atoms with Crippen LogP contribution in [0.1, 0.15) is 32.6 Å². The molecule has 0 aliphatic heterocycles. The van der Waals surface area contributed by atoms with Crippen LogP contribution in [-0.2, 0) is 9.53 Å². The van der Waals surface area contributed by atoms with Crippen LogP contribution in [0.2, 0.25) is 0 Å². The fourth-order valence-corrected chi connectivity index (χ4v) is 2.29. The normalized spacial score (nSPS) is 32.4. The van der Waals surface area contributed by atoms with Gasteiger partial charge in [-0.1, -0.05) is 19.8 Å². The molecule has 3 heteroatoms. The molecule has 0 amide bonds. The minimum Gasteiger partial charge on any atom is -0.469 e. The van der Waals surface area contributed by atoms with Crippen molar-refractivity contribution in [2.75, 3.05) is 13.7 Å². The predicted molar refractivity (Wildman–Crippen MR) is 51.1 cm³/mol. The van der Waals surface area contributed by atoms with Gasteiger partial charge in [0.2, 0.25) is 0 Å². The molecule has 1 saturated carbocycles. The Morgan fingerprint density at radius 3 is 2.62 bits per heavy atom. The van der Waals surface area contributed by atoms with E-state index in [2.05, 4.69) is 6.92 Å². The Morgan fingerprint density at radius 2 is 2.23 bits per heavy atom. The van der Waals surface area contributed by atoms with E-state index < -0.39 is 0 Å². The molecule has 0 aromatic carbocycles. The number of ether oxygens (including phenoxy) is 1. The van der Waals surface area contributed by atoms with E-state index in [1.807, 2.05) is 0 Å². The summed E-state index contributed by atoms with van der Waals surface area (Å²) >= 11 is 0. The Balaban J connectivity index is 2.45. The summed E-state index contributed by atoms with van der Waals surface area (Å²) in [5.74, 6) is 0.565. The molecule has 0 heterocycles. The molecule has 0 bridgehead atoms. The summed E-state index contributed by atoms with van der Waals surface area (Å²) in [6, 6.07) is 0. The molecule has 0 saturated heterocycles. The third-order valence-corrected chi connectivity index (χ3v) is 3.06. The van der Waals surface area contributed by atoms with E-state index in [1.54, 1.807) is 0 Å². The Bertz CT molecular complexity index is 185. The fourth-order valence-electron chi connectivity index (χ4n) is 2.29. The van der Waals surface area contributed by atoms with Crippen LogP contribution in [0.4, 0.5) is 0 Å². The van der Waals surface area contributed by atoms with Crippen LogP contribution in [-0.4, -0.2) is 19.6 Å². The Hall–Kier alpha value is -0.570. The van der Waals surface area contributed by atoms with E-state index in [1.165, 1.54) is 20.0 Å². The molecule has 1 aliphatic rings. The van der Waals surface area contributed by atoms with Crippen molar-refractivity contribution in [1.82, 2.24) is 0 Å². The number of carbonyl (C=O) groups is 1. The maximum Gasteiger partial charge on any atom is 0.313 e.